The second-order valence-corrected chi connectivity index (χ2v) is 5.26. The van der Waals surface area contributed by atoms with E-state index in [0.717, 1.165) is 25.7 Å². The molecule has 0 aliphatic heterocycles. The van der Waals surface area contributed by atoms with E-state index < -0.39 is 6.09 Å². The molecule has 6 heteroatoms. The molecule has 3 rings (SSSR count). The summed E-state index contributed by atoms with van der Waals surface area (Å²) < 4.78 is 1.12. The fourth-order valence-corrected chi connectivity index (χ4v) is 2.76. The largest absolute Gasteiger partial charge is 0.465 e. The number of carboxylic acid groups (broad SMARTS) is 1. The Labute approximate surface area is 119 Å². The Morgan fingerprint density at radius 2 is 2.05 bits per heavy atom. The highest BCUT2D eigenvalue weighted by Gasteiger charge is 2.11. The molecule has 1 amide bonds. The van der Waals surface area contributed by atoms with Gasteiger partial charge >= 0.3 is 6.09 Å². The zero-order chi connectivity index (χ0) is 14.1. The Balaban J connectivity index is 1.96. The molecular formula is C14H11N3O2S. The molecule has 20 heavy (non-hydrogen) atoms. The van der Waals surface area contributed by atoms with Gasteiger partial charge in [-0.2, -0.15) is 0 Å². The molecule has 2 heterocycles. The SMILES string of the molecule is CN(C(=O)O)c1ccc(-c2nc3ccccc3s2)cn1. The summed E-state index contributed by atoms with van der Waals surface area (Å²) in [5.41, 5.74) is 1.84. The van der Waals surface area contributed by atoms with Crippen LogP contribution in [0.5, 0.6) is 0 Å². The van der Waals surface area contributed by atoms with Crippen LogP contribution in [-0.2, 0) is 0 Å². The molecule has 0 spiro atoms. The van der Waals surface area contributed by atoms with E-state index in [2.05, 4.69) is 9.97 Å². The standard InChI is InChI=1S/C14H11N3O2S/c1-17(14(18)19)12-7-6-9(8-15-12)13-16-10-4-2-3-5-11(10)20-13/h2-8H,1H3,(H,18,19). The Hall–Kier alpha value is -2.47. The highest BCUT2D eigenvalue weighted by Crippen LogP contribution is 2.30. The molecule has 0 aliphatic carbocycles. The van der Waals surface area contributed by atoms with Gasteiger partial charge < -0.3 is 5.11 Å². The smallest absolute Gasteiger partial charge is 0.412 e. The molecule has 1 aromatic carbocycles. The summed E-state index contributed by atoms with van der Waals surface area (Å²) in [4.78, 5) is 20.6. The number of para-hydroxylation sites is 1. The second-order valence-electron chi connectivity index (χ2n) is 4.23. The molecule has 0 fully saturated rings. The first kappa shape index (κ1) is 12.6. The molecule has 0 unspecified atom stereocenters. The molecule has 0 bridgehead atoms. The highest BCUT2D eigenvalue weighted by molar-refractivity contribution is 7.21. The summed E-state index contributed by atoms with van der Waals surface area (Å²) >= 11 is 1.59. The molecule has 0 aliphatic rings. The van der Waals surface area contributed by atoms with E-state index in [1.165, 1.54) is 7.05 Å². The van der Waals surface area contributed by atoms with Crippen molar-refractivity contribution in [2.45, 2.75) is 0 Å². The molecule has 0 saturated carbocycles. The van der Waals surface area contributed by atoms with E-state index in [0.29, 0.717) is 5.82 Å². The Morgan fingerprint density at radius 3 is 2.70 bits per heavy atom. The van der Waals surface area contributed by atoms with Crippen molar-refractivity contribution in [1.29, 1.82) is 0 Å². The molecule has 3 aromatic rings. The van der Waals surface area contributed by atoms with Gasteiger partial charge in [0.15, 0.2) is 0 Å². The lowest BCUT2D eigenvalue weighted by Crippen LogP contribution is -2.24. The van der Waals surface area contributed by atoms with Gasteiger partial charge in [-0.15, -0.1) is 11.3 Å². The maximum atomic E-state index is 10.8. The van der Waals surface area contributed by atoms with Gasteiger partial charge in [0.1, 0.15) is 10.8 Å². The number of hydrogen-bond acceptors (Lipinski definition) is 4. The lowest BCUT2D eigenvalue weighted by Gasteiger charge is -2.11. The molecule has 2 aromatic heterocycles. The summed E-state index contributed by atoms with van der Waals surface area (Å²) in [6.07, 6.45) is 0.609. The van der Waals surface area contributed by atoms with Crippen LogP contribution in [0.3, 0.4) is 0 Å². The van der Waals surface area contributed by atoms with Crippen LogP contribution in [0.25, 0.3) is 20.8 Å². The average Bonchev–Trinajstić information content (AvgIpc) is 2.90. The van der Waals surface area contributed by atoms with Crippen molar-refractivity contribution >= 4 is 33.5 Å². The van der Waals surface area contributed by atoms with Crippen molar-refractivity contribution in [3.63, 3.8) is 0 Å². The number of rotatable bonds is 2. The van der Waals surface area contributed by atoms with E-state index in [1.54, 1.807) is 23.6 Å². The van der Waals surface area contributed by atoms with E-state index in [-0.39, 0.29) is 0 Å². The molecule has 100 valence electrons. The van der Waals surface area contributed by atoms with Crippen molar-refractivity contribution < 1.29 is 9.90 Å². The molecule has 0 saturated heterocycles. The molecule has 5 nitrogen and oxygen atoms in total. The third kappa shape index (κ3) is 2.21. The summed E-state index contributed by atoms with van der Waals surface area (Å²) in [6, 6.07) is 11.4. The van der Waals surface area contributed by atoms with Crippen LogP contribution in [0.4, 0.5) is 10.6 Å². The topological polar surface area (TPSA) is 66.3 Å². The number of pyridine rings is 1. The normalized spacial score (nSPS) is 10.7. The number of carbonyl (C=O) groups is 1. The van der Waals surface area contributed by atoms with Crippen LogP contribution in [-0.4, -0.2) is 28.2 Å². The van der Waals surface area contributed by atoms with Crippen LogP contribution in [0.15, 0.2) is 42.6 Å². The predicted octanol–water partition coefficient (Wildman–Crippen LogP) is 3.47. The van der Waals surface area contributed by atoms with Gasteiger partial charge in [0.05, 0.1) is 10.2 Å². The van der Waals surface area contributed by atoms with E-state index >= 15 is 0 Å². The first-order valence-corrected chi connectivity index (χ1v) is 6.75. The maximum absolute atomic E-state index is 10.8. The minimum absolute atomic E-state index is 0.391. The summed E-state index contributed by atoms with van der Waals surface area (Å²) in [5.74, 6) is 0.391. The van der Waals surface area contributed by atoms with Gasteiger partial charge in [0.2, 0.25) is 0 Å². The van der Waals surface area contributed by atoms with Gasteiger partial charge in [-0.25, -0.2) is 14.8 Å². The number of nitrogens with zero attached hydrogens (tertiary/aromatic N) is 3. The first-order chi connectivity index (χ1) is 9.65. The van der Waals surface area contributed by atoms with Gasteiger partial charge in [-0.05, 0) is 24.3 Å². The van der Waals surface area contributed by atoms with E-state index in [9.17, 15) is 4.79 Å². The van der Waals surface area contributed by atoms with Gasteiger partial charge in [-0.1, -0.05) is 12.1 Å². The lowest BCUT2D eigenvalue weighted by molar-refractivity contribution is 0.203. The number of anilines is 1. The van der Waals surface area contributed by atoms with Crippen LogP contribution in [0.2, 0.25) is 0 Å². The van der Waals surface area contributed by atoms with Crippen LogP contribution in [0.1, 0.15) is 0 Å². The van der Waals surface area contributed by atoms with Gasteiger partial charge in [-0.3, -0.25) is 4.90 Å². The monoisotopic (exact) mass is 285 g/mol. The number of fused-ring (bicyclic) bond motifs is 1. The second kappa shape index (κ2) is 4.90. The van der Waals surface area contributed by atoms with Crippen molar-refractivity contribution in [2.24, 2.45) is 0 Å². The van der Waals surface area contributed by atoms with Gasteiger partial charge in [0.25, 0.3) is 0 Å². The minimum Gasteiger partial charge on any atom is -0.465 e. The number of thiazole rings is 1. The average molecular weight is 285 g/mol. The lowest BCUT2D eigenvalue weighted by atomic mass is 10.3. The number of hydrogen-bond donors (Lipinski definition) is 1. The fourth-order valence-electron chi connectivity index (χ4n) is 1.80. The fraction of sp³-hybridized carbons (Fsp3) is 0.0714. The summed E-state index contributed by atoms with van der Waals surface area (Å²) in [7, 11) is 1.46. The summed E-state index contributed by atoms with van der Waals surface area (Å²) in [6.45, 7) is 0. The third-order valence-electron chi connectivity index (χ3n) is 2.92. The van der Waals surface area contributed by atoms with Crippen molar-refractivity contribution in [3.8, 4) is 10.6 Å². The maximum Gasteiger partial charge on any atom is 0.412 e. The van der Waals surface area contributed by atoms with Crippen LogP contribution < -0.4 is 4.90 Å². The third-order valence-corrected chi connectivity index (χ3v) is 4.00. The highest BCUT2D eigenvalue weighted by atomic mass is 32.1. The first-order valence-electron chi connectivity index (χ1n) is 5.94. The predicted molar refractivity (Wildman–Crippen MR) is 79.3 cm³/mol. The Bertz CT molecular complexity index is 734. The molecular weight excluding hydrogens is 274 g/mol. The van der Waals surface area contributed by atoms with Crippen molar-refractivity contribution in [3.05, 3.63) is 42.6 Å². The van der Waals surface area contributed by atoms with Crippen molar-refractivity contribution in [1.82, 2.24) is 9.97 Å². The summed E-state index contributed by atoms with van der Waals surface area (Å²) in [5, 5.41) is 9.77. The molecule has 1 N–H and O–H groups in total. The van der Waals surface area contributed by atoms with Crippen LogP contribution in [0, 0.1) is 0 Å². The molecule has 0 radical (unpaired) electrons. The van der Waals surface area contributed by atoms with Gasteiger partial charge in [0, 0.05) is 18.8 Å². The number of amides is 1. The molecule has 0 atom stereocenters. The number of aromatic nitrogens is 2. The Morgan fingerprint density at radius 1 is 1.25 bits per heavy atom. The minimum atomic E-state index is -1.04. The zero-order valence-electron chi connectivity index (χ0n) is 10.6. The quantitative estimate of drug-likeness (QED) is 0.783. The van der Waals surface area contributed by atoms with E-state index in [1.807, 2.05) is 30.3 Å². The Kier molecular flexibility index (Phi) is 3.08. The van der Waals surface area contributed by atoms with E-state index in [4.69, 9.17) is 5.11 Å². The van der Waals surface area contributed by atoms with Crippen molar-refractivity contribution in [2.75, 3.05) is 11.9 Å². The van der Waals surface area contributed by atoms with Crippen LogP contribution >= 0.6 is 11.3 Å². The number of benzene rings is 1. The zero-order valence-corrected chi connectivity index (χ0v) is 11.5.